The monoisotopic (exact) mass is 164 g/mol. The summed E-state index contributed by atoms with van der Waals surface area (Å²) in [5.74, 6) is 0. The molecule has 62 valence electrons. The van der Waals surface area contributed by atoms with Gasteiger partial charge in [-0.2, -0.15) is 0 Å². The third kappa shape index (κ3) is 2.92. The molecule has 0 saturated heterocycles. The minimum atomic E-state index is -0.476. The molecule has 1 rings (SSSR count). The van der Waals surface area contributed by atoms with Gasteiger partial charge in [0.05, 0.1) is 4.92 Å². The van der Waals surface area contributed by atoms with E-state index < -0.39 is 4.92 Å². The Morgan fingerprint density at radius 2 is 2.50 bits per heavy atom. The van der Waals surface area contributed by atoms with Crippen LogP contribution in [0.1, 0.15) is 5.56 Å². The maximum absolute atomic E-state index is 9.89. The number of aromatic nitrogens is 1. The molecule has 0 aliphatic carbocycles. The highest BCUT2D eigenvalue weighted by Gasteiger charge is 1.89. The second-order valence-electron chi connectivity index (χ2n) is 2.24. The molecule has 4 heteroatoms. The Balaban J connectivity index is 2.49. The molecule has 1 aromatic rings. The summed E-state index contributed by atoms with van der Waals surface area (Å²) in [6.07, 6.45) is 6.34. The lowest BCUT2D eigenvalue weighted by Crippen LogP contribution is -1.85. The van der Waals surface area contributed by atoms with Gasteiger partial charge in [0.25, 0.3) is 0 Å². The van der Waals surface area contributed by atoms with Gasteiger partial charge in [-0.05, 0) is 24.1 Å². The van der Waals surface area contributed by atoms with E-state index in [4.69, 9.17) is 0 Å². The summed E-state index contributed by atoms with van der Waals surface area (Å²) in [5.41, 5.74) is 0.968. The minimum absolute atomic E-state index is 0.476. The number of nitrogens with zero attached hydrogens (tertiary/aromatic N) is 2. The molecule has 0 bridgehead atoms. The Morgan fingerprint density at radius 3 is 3.08 bits per heavy atom. The standard InChI is InChI=1S/C8H8N2O2/c11-10(12)6-2-4-8-3-1-5-9-7-8/h1-3,5-7H,4H2. The zero-order valence-electron chi connectivity index (χ0n) is 6.38. The van der Waals surface area contributed by atoms with Gasteiger partial charge in [-0.25, -0.2) is 0 Å². The summed E-state index contributed by atoms with van der Waals surface area (Å²) in [6.45, 7) is 0. The van der Waals surface area contributed by atoms with E-state index in [-0.39, 0.29) is 0 Å². The van der Waals surface area contributed by atoms with Crippen molar-refractivity contribution in [3.05, 3.63) is 52.5 Å². The van der Waals surface area contributed by atoms with Crippen LogP contribution in [0.5, 0.6) is 0 Å². The molecule has 1 aromatic heterocycles. The molecule has 0 fully saturated rings. The summed E-state index contributed by atoms with van der Waals surface area (Å²) in [6, 6.07) is 3.67. The zero-order valence-corrected chi connectivity index (χ0v) is 6.38. The van der Waals surface area contributed by atoms with Gasteiger partial charge in [0.1, 0.15) is 0 Å². The summed E-state index contributed by atoms with van der Waals surface area (Å²) >= 11 is 0. The van der Waals surface area contributed by atoms with E-state index >= 15 is 0 Å². The molecule has 0 aliphatic rings. The Labute approximate surface area is 69.7 Å². The van der Waals surface area contributed by atoms with Crippen LogP contribution in [0.4, 0.5) is 0 Å². The van der Waals surface area contributed by atoms with Gasteiger partial charge in [0, 0.05) is 12.4 Å². The second-order valence-corrected chi connectivity index (χ2v) is 2.24. The maximum atomic E-state index is 9.89. The van der Waals surface area contributed by atoms with Crippen molar-refractivity contribution >= 4 is 0 Å². The molecule has 0 aliphatic heterocycles. The molecule has 0 spiro atoms. The van der Waals surface area contributed by atoms with Crippen molar-refractivity contribution in [3.63, 3.8) is 0 Å². The summed E-state index contributed by atoms with van der Waals surface area (Å²) in [5, 5.41) is 9.89. The molecule has 12 heavy (non-hydrogen) atoms. The predicted octanol–water partition coefficient (Wildman–Crippen LogP) is 1.41. The zero-order chi connectivity index (χ0) is 8.81. The van der Waals surface area contributed by atoms with Crippen LogP contribution in [0.25, 0.3) is 0 Å². The van der Waals surface area contributed by atoms with Crippen molar-refractivity contribution in [2.24, 2.45) is 0 Å². The van der Waals surface area contributed by atoms with Crippen molar-refractivity contribution in [1.82, 2.24) is 4.98 Å². The number of allylic oxidation sites excluding steroid dienone is 1. The van der Waals surface area contributed by atoms with Gasteiger partial charge < -0.3 is 0 Å². The third-order valence-electron chi connectivity index (χ3n) is 1.30. The van der Waals surface area contributed by atoms with Gasteiger partial charge in [-0.1, -0.05) is 6.07 Å². The number of rotatable bonds is 3. The summed E-state index contributed by atoms with van der Waals surface area (Å²) in [4.78, 5) is 13.3. The number of hydrogen-bond acceptors (Lipinski definition) is 3. The van der Waals surface area contributed by atoms with Crippen LogP contribution in [0.3, 0.4) is 0 Å². The highest BCUT2D eigenvalue weighted by molar-refractivity contribution is 5.11. The summed E-state index contributed by atoms with van der Waals surface area (Å²) < 4.78 is 0. The maximum Gasteiger partial charge on any atom is 0.230 e. The highest BCUT2D eigenvalue weighted by atomic mass is 16.6. The lowest BCUT2D eigenvalue weighted by atomic mass is 10.2. The molecular weight excluding hydrogens is 156 g/mol. The van der Waals surface area contributed by atoms with Gasteiger partial charge in [0.2, 0.25) is 6.20 Å². The van der Waals surface area contributed by atoms with Crippen molar-refractivity contribution in [3.8, 4) is 0 Å². The first-order valence-corrected chi connectivity index (χ1v) is 3.48. The van der Waals surface area contributed by atoms with Crippen LogP contribution in [0.2, 0.25) is 0 Å². The Hall–Kier alpha value is -1.71. The smallest absolute Gasteiger partial charge is 0.230 e. The minimum Gasteiger partial charge on any atom is -0.264 e. The van der Waals surface area contributed by atoms with Crippen molar-refractivity contribution < 1.29 is 4.92 Å². The van der Waals surface area contributed by atoms with E-state index in [0.29, 0.717) is 6.42 Å². The van der Waals surface area contributed by atoms with Crippen LogP contribution >= 0.6 is 0 Å². The van der Waals surface area contributed by atoms with E-state index in [0.717, 1.165) is 11.8 Å². The Kier molecular flexibility index (Phi) is 2.95. The fourth-order valence-corrected chi connectivity index (χ4v) is 0.794. The SMILES string of the molecule is O=[N+]([O-])C=CCc1cccnc1. The van der Waals surface area contributed by atoms with Crippen molar-refractivity contribution in [2.45, 2.75) is 6.42 Å². The quantitative estimate of drug-likeness (QED) is 0.501. The average molecular weight is 164 g/mol. The van der Waals surface area contributed by atoms with Gasteiger partial charge in [-0.15, -0.1) is 0 Å². The first-order chi connectivity index (χ1) is 5.79. The topological polar surface area (TPSA) is 56.0 Å². The molecule has 0 amide bonds. The van der Waals surface area contributed by atoms with E-state index in [1.165, 1.54) is 6.08 Å². The fourth-order valence-electron chi connectivity index (χ4n) is 0.794. The Bertz CT molecular complexity index is 282. The third-order valence-corrected chi connectivity index (χ3v) is 1.30. The highest BCUT2D eigenvalue weighted by Crippen LogP contribution is 1.97. The van der Waals surface area contributed by atoms with E-state index in [2.05, 4.69) is 4.98 Å². The predicted molar refractivity (Wildman–Crippen MR) is 44.1 cm³/mol. The fraction of sp³-hybridized carbons (Fsp3) is 0.125. The molecule has 0 atom stereocenters. The second kappa shape index (κ2) is 4.23. The first kappa shape index (κ1) is 8.39. The van der Waals surface area contributed by atoms with Crippen LogP contribution in [0.15, 0.2) is 36.8 Å². The lowest BCUT2D eigenvalue weighted by molar-refractivity contribution is -0.402. The van der Waals surface area contributed by atoms with E-state index in [9.17, 15) is 10.1 Å². The van der Waals surface area contributed by atoms with Crippen molar-refractivity contribution in [2.75, 3.05) is 0 Å². The van der Waals surface area contributed by atoms with Crippen molar-refractivity contribution in [1.29, 1.82) is 0 Å². The molecular formula is C8H8N2O2. The molecule has 0 radical (unpaired) electrons. The lowest BCUT2D eigenvalue weighted by Gasteiger charge is -1.90. The van der Waals surface area contributed by atoms with Gasteiger partial charge in [-0.3, -0.25) is 15.1 Å². The van der Waals surface area contributed by atoms with Crippen LogP contribution < -0.4 is 0 Å². The molecule has 4 nitrogen and oxygen atoms in total. The number of nitro groups is 1. The van der Waals surface area contributed by atoms with Crippen LogP contribution in [0, 0.1) is 10.1 Å². The van der Waals surface area contributed by atoms with E-state index in [1.807, 2.05) is 6.07 Å². The van der Waals surface area contributed by atoms with Gasteiger partial charge >= 0.3 is 0 Å². The normalized spacial score (nSPS) is 10.3. The number of pyridine rings is 1. The average Bonchev–Trinajstić information content (AvgIpc) is 2.05. The molecule has 0 N–H and O–H groups in total. The summed E-state index contributed by atoms with van der Waals surface area (Å²) in [7, 11) is 0. The van der Waals surface area contributed by atoms with E-state index in [1.54, 1.807) is 18.5 Å². The number of hydrogen-bond donors (Lipinski definition) is 0. The molecule has 0 saturated carbocycles. The van der Waals surface area contributed by atoms with Crippen LogP contribution in [-0.4, -0.2) is 9.91 Å². The molecule has 0 aromatic carbocycles. The largest absolute Gasteiger partial charge is 0.264 e. The first-order valence-electron chi connectivity index (χ1n) is 3.48. The van der Waals surface area contributed by atoms with Gasteiger partial charge in [0.15, 0.2) is 0 Å². The van der Waals surface area contributed by atoms with Crippen LogP contribution in [-0.2, 0) is 6.42 Å². The molecule has 0 unspecified atom stereocenters. The molecule has 1 heterocycles. The Morgan fingerprint density at radius 1 is 1.67 bits per heavy atom.